The van der Waals surface area contributed by atoms with Crippen LogP contribution in [-0.4, -0.2) is 23.0 Å². The van der Waals surface area contributed by atoms with Gasteiger partial charge in [0, 0.05) is 29.5 Å². The lowest BCUT2D eigenvalue weighted by Crippen LogP contribution is -2.25. The molecule has 0 spiro atoms. The van der Waals surface area contributed by atoms with Gasteiger partial charge in [-0.05, 0) is 48.5 Å². The summed E-state index contributed by atoms with van der Waals surface area (Å²) in [4.78, 5) is 6.40. The summed E-state index contributed by atoms with van der Waals surface area (Å²) < 4.78 is 1.04. The third kappa shape index (κ3) is 3.44. The molecule has 0 radical (unpaired) electrons. The Morgan fingerprint density at radius 2 is 2.15 bits per heavy atom. The van der Waals surface area contributed by atoms with Crippen LogP contribution < -0.4 is 0 Å². The second-order valence-electron chi connectivity index (χ2n) is 3.52. The van der Waals surface area contributed by atoms with E-state index in [1.807, 2.05) is 6.20 Å². The van der Waals surface area contributed by atoms with Gasteiger partial charge in [-0.3, -0.25) is 9.88 Å². The lowest BCUT2D eigenvalue weighted by atomic mass is 10.2. The predicted octanol–water partition coefficient (Wildman–Crippen LogP) is 2.68. The van der Waals surface area contributed by atoms with E-state index in [0.29, 0.717) is 6.04 Å². The number of rotatable bonds is 3. The molecular weight excluding hydrogens is 228 g/mol. The molecule has 1 aromatic rings. The molecule has 3 heteroatoms. The van der Waals surface area contributed by atoms with Gasteiger partial charge < -0.3 is 0 Å². The van der Waals surface area contributed by atoms with Gasteiger partial charge >= 0.3 is 0 Å². The SMILES string of the molecule is CC(C)N(C)Cc1cncc(Br)c1. The van der Waals surface area contributed by atoms with Crippen LogP contribution in [0.5, 0.6) is 0 Å². The molecule has 1 aromatic heterocycles. The summed E-state index contributed by atoms with van der Waals surface area (Å²) in [5.41, 5.74) is 1.24. The van der Waals surface area contributed by atoms with Crippen LogP contribution >= 0.6 is 15.9 Å². The number of pyridine rings is 1. The van der Waals surface area contributed by atoms with E-state index in [4.69, 9.17) is 0 Å². The molecule has 0 saturated carbocycles. The Kier molecular flexibility index (Phi) is 3.88. The Morgan fingerprint density at radius 1 is 1.46 bits per heavy atom. The highest BCUT2D eigenvalue weighted by Crippen LogP contribution is 2.11. The van der Waals surface area contributed by atoms with Crippen LogP contribution in [-0.2, 0) is 6.54 Å². The van der Waals surface area contributed by atoms with Crippen LogP contribution in [0.15, 0.2) is 22.9 Å². The van der Waals surface area contributed by atoms with Gasteiger partial charge in [-0.1, -0.05) is 0 Å². The van der Waals surface area contributed by atoms with Crippen molar-refractivity contribution in [1.29, 1.82) is 0 Å². The van der Waals surface area contributed by atoms with Crippen molar-refractivity contribution in [3.63, 3.8) is 0 Å². The molecule has 0 bridgehead atoms. The second kappa shape index (κ2) is 4.72. The molecule has 0 saturated heterocycles. The van der Waals surface area contributed by atoms with Crippen LogP contribution in [0.1, 0.15) is 19.4 Å². The molecule has 0 aromatic carbocycles. The molecule has 0 aliphatic rings. The molecular formula is C10H15BrN2. The van der Waals surface area contributed by atoms with Gasteiger partial charge in [-0.15, -0.1) is 0 Å². The first kappa shape index (κ1) is 10.7. The van der Waals surface area contributed by atoms with E-state index in [9.17, 15) is 0 Å². The van der Waals surface area contributed by atoms with Crippen LogP contribution in [0.3, 0.4) is 0 Å². The normalized spacial score (nSPS) is 11.2. The minimum Gasteiger partial charge on any atom is -0.300 e. The predicted molar refractivity (Wildman–Crippen MR) is 58.5 cm³/mol. The van der Waals surface area contributed by atoms with Gasteiger partial charge in [-0.25, -0.2) is 0 Å². The molecule has 0 amide bonds. The summed E-state index contributed by atoms with van der Waals surface area (Å²) in [6, 6.07) is 2.67. The Bertz CT molecular complexity index is 273. The van der Waals surface area contributed by atoms with E-state index in [2.05, 4.69) is 52.8 Å². The van der Waals surface area contributed by atoms with Gasteiger partial charge in [0.05, 0.1) is 0 Å². The van der Waals surface area contributed by atoms with Gasteiger partial charge in [0.25, 0.3) is 0 Å². The Hall–Kier alpha value is -0.410. The average molecular weight is 243 g/mol. The van der Waals surface area contributed by atoms with E-state index in [1.165, 1.54) is 5.56 Å². The zero-order chi connectivity index (χ0) is 9.84. The highest BCUT2D eigenvalue weighted by molar-refractivity contribution is 9.10. The van der Waals surface area contributed by atoms with Crippen molar-refractivity contribution in [3.05, 3.63) is 28.5 Å². The van der Waals surface area contributed by atoms with E-state index < -0.39 is 0 Å². The summed E-state index contributed by atoms with van der Waals surface area (Å²) in [5, 5.41) is 0. The first-order chi connectivity index (χ1) is 6.09. The van der Waals surface area contributed by atoms with E-state index in [1.54, 1.807) is 6.20 Å². The van der Waals surface area contributed by atoms with Gasteiger partial charge in [0.1, 0.15) is 0 Å². The third-order valence-corrected chi connectivity index (χ3v) is 2.51. The standard InChI is InChI=1S/C10H15BrN2/c1-8(2)13(3)7-9-4-10(11)6-12-5-9/h4-6,8H,7H2,1-3H3. The number of nitrogens with zero attached hydrogens (tertiary/aromatic N) is 2. The van der Waals surface area contributed by atoms with Crippen LogP contribution in [0, 0.1) is 0 Å². The van der Waals surface area contributed by atoms with Gasteiger partial charge in [-0.2, -0.15) is 0 Å². The zero-order valence-electron chi connectivity index (χ0n) is 8.29. The summed E-state index contributed by atoms with van der Waals surface area (Å²) in [6.45, 7) is 5.32. The van der Waals surface area contributed by atoms with Crippen molar-refractivity contribution in [2.75, 3.05) is 7.05 Å². The molecule has 13 heavy (non-hydrogen) atoms. The molecule has 0 unspecified atom stereocenters. The largest absolute Gasteiger partial charge is 0.300 e. The van der Waals surface area contributed by atoms with Crippen molar-refractivity contribution < 1.29 is 0 Å². The molecule has 2 nitrogen and oxygen atoms in total. The Morgan fingerprint density at radius 3 is 2.69 bits per heavy atom. The number of aromatic nitrogens is 1. The monoisotopic (exact) mass is 242 g/mol. The van der Waals surface area contributed by atoms with Gasteiger partial charge in [0.15, 0.2) is 0 Å². The quantitative estimate of drug-likeness (QED) is 0.811. The fraction of sp³-hybridized carbons (Fsp3) is 0.500. The summed E-state index contributed by atoms with van der Waals surface area (Å²) in [6.07, 6.45) is 3.71. The molecule has 0 atom stereocenters. The first-order valence-electron chi connectivity index (χ1n) is 4.39. The van der Waals surface area contributed by atoms with Gasteiger partial charge in [0.2, 0.25) is 0 Å². The van der Waals surface area contributed by atoms with Crippen LogP contribution in [0.2, 0.25) is 0 Å². The molecule has 0 aliphatic carbocycles. The minimum absolute atomic E-state index is 0.569. The summed E-state index contributed by atoms with van der Waals surface area (Å²) in [5.74, 6) is 0. The lowest BCUT2D eigenvalue weighted by Gasteiger charge is -2.20. The zero-order valence-corrected chi connectivity index (χ0v) is 9.87. The molecule has 0 fully saturated rings. The number of hydrogen-bond acceptors (Lipinski definition) is 2. The fourth-order valence-corrected chi connectivity index (χ4v) is 1.43. The molecule has 1 heterocycles. The van der Waals surface area contributed by atoms with Crippen molar-refractivity contribution >= 4 is 15.9 Å². The minimum atomic E-state index is 0.569. The Balaban J connectivity index is 2.64. The van der Waals surface area contributed by atoms with Crippen molar-refractivity contribution in [3.8, 4) is 0 Å². The first-order valence-corrected chi connectivity index (χ1v) is 5.18. The maximum absolute atomic E-state index is 4.12. The topological polar surface area (TPSA) is 16.1 Å². The Labute approximate surface area is 88.1 Å². The van der Waals surface area contributed by atoms with Crippen LogP contribution in [0.25, 0.3) is 0 Å². The van der Waals surface area contributed by atoms with E-state index in [0.717, 1.165) is 11.0 Å². The van der Waals surface area contributed by atoms with Crippen molar-refractivity contribution in [2.45, 2.75) is 26.4 Å². The fourth-order valence-electron chi connectivity index (χ4n) is 1.01. The number of halogens is 1. The highest BCUT2D eigenvalue weighted by Gasteiger charge is 2.04. The second-order valence-corrected chi connectivity index (χ2v) is 4.44. The summed E-state index contributed by atoms with van der Waals surface area (Å²) in [7, 11) is 2.12. The molecule has 0 N–H and O–H groups in total. The summed E-state index contributed by atoms with van der Waals surface area (Å²) >= 11 is 3.41. The maximum atomic E-state index is 4.12. The smallest absolute Gasteiger partial charge is 0.0410 e. The third-order valence-electron chi connectivity index (χ3n) is 2.08. The van der Waals surface area contributed by atoms with E-state index in [-0.39, 0.29) is 0 Å². The highest BCUT2D eigenvalue weighted by atomic mass is 79.9. The molecule has 72 valence electrons. The maximum Gasteiger partial charge on any atom is 0.0410 e. The number of hydrogen-bond donors (Lipinski definition) is 0. The van der Waals surface area contributed by atoms with Crippen molar-refractivity contribution in [2.24, 2.45) is 0 Å². The van der Waals surface area contributed by atoms with Crippen molar-refractivity contribution in [1.82, 2.24) is 9.88 Å². The molecule has 0 aliphatic heterocycles. The van der Waals surface area contributed by atoms with Crippen LogP contribution in [0.4, 0.5) is 0 Å². The molecule has 1 rings (SSSR count). The average Bonchev–Trinajstić information content (AvgIpc) is 2.04. The lowest BCUT2D eigenvalue weighted by molar-refractivity contribution is 0.265. The van der Waals surface area contributed by atoms with E-state index >= 15 is 0 Å².